The molecule has 345 valence electrons. The van der Waals surface area contributed by atoms with Gasteiger partial charge in [-0.15, -0.1) is 10.2 Å². The molecular formula is C64H42MnN8. The van der Waals surface area contributed by atoms with Gasteiger partial charge in [0.05, 0.1) is 28.0 Å². The Morgan fingerprint density at radius 2 is 0.616 bits per heavy atom. The summed E-state index contributed by atoms with van der Waals surface area (Å²) in [6.07, 6.45) is 0. The fourth-order valence-corrected chi connectivity index (χ4v) is 10.1. The van der Waals surface area contributed by atoms with E-state index in [2.05, 4.69) is 210 Å². The van der Waals surface area contributed by atoms with Crippen LogP contribution in [0.1, 0.15) is 33.8 Å². The summed E-state index contributed by atoms with van der Waals surface area (Å²) in [7, 11) is 0. The van der Waals surface area contributed by atoms with Crippen molar-refractivity contribution < 1.29 is 17.1 Å². The van der Waals surface area contributed by atoms with Gasteiger partial charge in [-0.1, -0.05) is 243 Å². The number of benzene rings is 8. The SMILES string of the molecule is [Mn].c1ccc(C2=Nc3nc2c(-c2ccccc2)c2[nH]c(c(-c4ccccc4)c4nc(c(-c5ccccc5)c5nnc(n3)[nH]5)C(c3ccccc3)=C4c3ccccc3)c(-c3ccccc3)c2-c2ccccc2)cc1. The minimum Gasteiger partial charge on any atom is -0.353 e. The van der Waals surface area contributed by atoms with Crippen LogP contribution in [0.15, 0.2) is 248 Å². The topological polar surface area (TPSA) is 108 Å². The molecular weight excluding hydrogens is 936 g/mol. The molecule has 2 aliphatic rings. The first kappa shape index (κ1) is 44.8. The Morgan fingerprint density at radius 3 is 1.04 bits per heavy atom. The minimum absolute atomic E-state index is 0. The first-order chi connectivity index (χ1) is 35.7. The molecule has 8 aromatic carbocycles. The molecule has 3 aromatic heterocycles. The van der Waals surface area contributed by atoms with E-state index in [1.54, 1.807) is 0 Å². The summed E-state index contributed by atoms with van der Waals surface area (Å²) in [5.74, 6) is 0.501. The van der Waals surface area contributed by atoms with Crippen molar-refractivity contribution in [3.63, 3.8) is 0 Å². The monoisotopic (exact) mass is 977 g/mol. The number of nitrogens with one attached hydrogen (secondary N) is 2. The zero-order valence-electron chi connectivity index (χ0n) is 39.2. The molecule has 8 nitrogen and oxygen atoms in total. The molecule has 0 aliphatic carbocycles. The van der Waals surface area contributed by atoms with E-state index in [0.29, 0.717) is 17.1 Å². The Kier molecular flexibility index (Phi) is 11.9. The number of aromatic nitrogens is 7. The van der Waals surface area contributed by atoms with E-state index >= 15 is 0 Å². The zero-order valence-corrected chi connectivity index (χ0v) is 40.3. The molecule has 2 aliphatic heterocycles. The van der Waals surface area contributed by atoms with Crippen LogP contribution in [-0.4, -0.2) is 40.8 Å². The van der Waals surface area contributed by atoms with Gasteiger partial charge in [-0.2, -0.15) is 4.98 Å². The van der Waals surface area contributed by atoms with E-state index in [-0.39, 0.29) is 28.8 Å². The van der Waals surface area contributed by atoms with Crippen LogP contribution in [0.4, 0.5) is 5.95 Å². The number of rotatable bonds is 8. The van der Waals surface area contributed by atoms with Gasteiger partial charge in [0.15, 0.2) is 5.65 Å². The molecule has 0 saturated carbocycles. The zero-order chi connectivity index (χ0) is 47.8. The van der Waals surface area contributed by atoms with E-state index in [0.717, 1.165) is 106 Å². The third-order valence-corrected chi connectivity index (χ3v) is 13.2. The summed E-state index contributed by atoms with van der Waals surface area (Å²) in [6.45, 7) is 0. The molecule has 0 fully saturated rings. The third-order valence-electron chi connectivity index (χ3n) is 13.2. The van der Waals surface area contributed by atoms with Crippen molar-refractivity contribution in [2.75, 3.05) is 0 Å². The largest absolute Gasteiger partial charge is 0.353 e. The summed E-state index contributed by atoms with van der Waals surface area (Å²) in [5.41, 5.74) is 19.4. The Bertz CT molecular complexity index is 4030. The van der Waals surface area contributed by atoms with Crippen molar-refractivity contribution in [2.45, 2.75) is 0 Å². The molecule has 0 amide bonds. The molecule has 8 bridgehead atoms. The molecule has 1 radical (unpaired) electrons. The molecule has 2 N–H and O–H groups in total. The predicted molar refractivity (Wildman–Crippen MR) is 291 cm³/mol. The van der Waals surface area contributed by atoms with Crippen LogP contribution < -0.4 is 0 Å². The van der Waals surface area contributed by atoms with Gasteiger partial charge in [0.25, 0.3) is 11.7 Å². The third kappa shape index (κ3) is 8.18. The summed E-state index contributed by atoms with van der Waals surface area (Å²) in [5, 5.41) is 9.57. The molecule has 9 heteroatoms. The Morgan fingerprint density at radius 1 is 0.274 bits per heavy atom. The van der Waals surface area contributed by atoms with Gasteiger partial charge in [0, 0.05) is 56.0 Å². The Labute approximate surface area is 432 Å². The number of hydrogen-bond acceptors (Lipinski definition) is 6. The second-order valence-corrected chi connectivity index (χ2v) is 17.6. The standard InChI is InChI=1S/C64H42N8.Mn/c1-9-25-41(26-10-1)49-50(42-27-11-2-12-28-42)59-54(46-35-19-6-20-36-46)61-56(48-39-23-8-24-40-48)67-63(68-61)70-64-69-62(71-72-64)55(47-37-21-7-22-38-47)60-52(44-31-15-4-16-32-44)51(43-29-13-3-14-30-43)58(66-60)53(57(49)65-59)45-33-17-5-18-34-45;/h1-40,65H,(H,67,68,69,70,71,72);. The van der Waals surface area contributed by atoms with Crippen LogP contribution in [0.5, 0.6) is 0 Å². The number of fused-ring (bicyclic) bond motifs is 8. The van der Waals surface area contributed by atoms with Crippen molar-refractivity contribution in [1.82, 2.24) is 35.1 Å². The average molecular weight is 978 g/mol. The molecule has 13 rings (SSSR count). The minimum atomic E-state index is 0. The summed E-state index contributed by atoms with van der Waals surface area (Å²) >= 11 is 0. The normalized spacial score (nSPS) is 12.0. The van der Waals surface area contributed by atoms with E-state index in [4.69, 9.17) is 30.1 Å². The molecule has 11 aromatic rings. The smallest absolute Gasteiger partial charge is 0.254 e. The first-order valence-electron chi connectivity index (χ1n) is 24.0. The first-order valence-corrected chi connectivity index (χ1v) is 24.0. The molecule has 0 spiro atoms. The number of aliphatic imine (C=N–C) groups is 1. The average Bonchev–Trinajstić information content (AvgIpc) is 4.27. The van der Waals surface area contributed by atoms with Gasteiger partial charge in [-0.3, -0.25) is 0 Å². The predicted octanol–water partition coefficient (Wildman–Crippen LogP) is 15.0. The van der Waals surface area contributed by atoms with Crippen molar-refractivity contribution in [3.05, 3.63) is 276 Å². The summed E-state index contributed by atoms with van der Waals surface area (Å²) in [6, 6.07) is 84.1. The van der Waals surface area contributed by atoms with Crippen LogP contribution >= 0.6 is 0 Å². The maximum absolute atomic E-state index is 6.01. The van der Waals surface area contributed by atoms with Crippen LogP contribution in [0.25, 0.3) is 89.2 Å². The number of nitrogens with zero attached hydrogens (tertiary/aromatic N) is 6. The number of hydrogen-bond donors (Lipinski definition) is 2. The fourth-order valence-electron chi connectivity index (χ4n) is 10.1. The fraction of sp³-hybridized carbons (Fsp3) is 0. The second-order valence-electron chi connectivity index (χ2n) is 17.6. The van der Waals surface area contributed by atoms with Crippen LogP contribution in [0.3, 0.4) is 0 Å². The van der Waals surface area contributed by atoms with Gasteiger partial charge >= 0.3 is 0 Å². The summed E-state index contributed by atoms with van der Waals surface area (Å²) in [4.78, 5) is 29.5. The van der Waals surface area contributed by atoms with E-state index < -0.39 is 0 Å². The maximum atomic E-state index is 6.01. The van der Waals surface area contributed by atoms with Gasteiger partial charge in [-0.25, -0.2) is 15.0 Å². The van der Waals surface area contributed by atoms with E-state index in [9.17, 15) is 0 Å². The number of H-pyrrole nitrogens is 2. The maximum Gasteiger partial charge on any atom is 0.254 e. The van der Waals surface area contributed by atoms with Crippen molar-refractivity contribution >= 4 is 45.3 Å². The van der Waals surface area contributed by atoms with Crippen molar-refractivity contribution in [2.24, 2.45) is 4.99 Å². The van der Waals surface area contributed by atoms with Gasteiger partial charge < -0.3 is 9.97 Å². The van der Waals surface area contributed by atoms with Crippen LogP contribution in [0.2, 0.25) is 0 Å². The Balaban J connectivity index is 0.00000543. The van der Waals surface area contributed by atoms with E-state index in [1.807, 2.05) is 42.5 Å². The van der Waals surface area contributed by atoms with Gasteiger partial charge in [-0.05, 0) is 38.9 Å². The summed E-state index contributed by atoms with van der Waals surface area (Å²) < 4.78 is 0. The van der Waals surface area contributed by atoms with Crippen molar-refractivity contribution in [3.8, 4) is 55.6 Å². The molecule has 5 heterocycles. The molecule has 0 unspecified atom stereocenters. The second kappa shape index (κ2) is 19.4. The van der Waals surface area contributed by atoms with Crippen LogP contribution in [-0.2, 0) is 17.1 Å². The van der Waals surface area contributed by atoms with E-state index in [1.165, 1.54) is 0 Å². The molecule has 0 atom stereocenters. The van der Waals surface area contributed by atoms with Crippen molar-refractivity contribution in [1.29, 1.82) is 0 Å². The molecule has 0 saturated heterocycles. The van der Waals surface area contributed by atoms with Crippen LogP contribution in [0, 0.1) is 0 Å². The quantitative estimate of drug-likeness (QED) is 0.147. The Hall–Kier alpha value is -9.40. The molecule has 73 heavy (non-hydrogen) atoms. The van der Waals surface area contributed by atoms with Gasteiger partial charge in [0.1, 0.15) is 11.4 Å². The van der Waals surface area contributed by atoms with Gasteiger partial charge in [0.2, 0.25) is 0 Å². The number of aromatic amines is 2.